The summed E-state index contributed by atoms with van der Waals surface area (Å²) in [6, 6.07) is 0. The number of morpholine rings is 1. The summed E-state index contributed by atoms with van der Waals surface area (Å²) >= 11 is 0. The van der Waals surface area contributed by atoms with E-state index in [1.807, 2.05) is 0 Å². The van der Waals surface area contributed by atoms with Gasteiger partial charge in [0.05, 0.1) is 19.8 Å². The lowest BCUT2D eigenvalue weighted by molar-refractivity contribution is 0.0244. The predicted octanol–water partition coefficient (Wildman–Crippen LogP) is -0.600. The van der Waals surface area contributed by atoms with Crippen LogP contribution in [0.2, 0.25) is 0 Å². The van der Waals surface area contributed by atoms with Gasteiger partial charge < -0.3 is 10.1 Å². The number of nitrogens with zero attached hydrogens (tertiary/aromatic N) is 2. The van der Waals surface area contributed by atoms with Crippen molar-refractivity contribution in [3.05, 3.63) is 0 Å². The van der Waals surface area contributed by atoms with Crippen molar-refractivity contribution in [2.24, 2.45) is 4.99 Å². The number of halogens is 1. The normalized spacial score (nSPS) is 22.9. The Morgan fingerprint density at radius 1 is 1.38 bits per heavy atom. The average Bonchev–Trinajstić information content (AvgIpc) is 2.59. The van der Waals surface area contributed by atoms with E-state index >= 15 is 0 Å². The molecule has 0 amide bonds. The van der Waals surface area contributed by atoms with E-state index in [4.69, 9.17) is 4.74 Å². The third kappa shape index (κ3) is 3.28. The summed E-state index contributed by atoms with van der Waals surface area (Å²) in [5.41, 5.74) is 3.21. The van der Waals surface area contributed by atoms with Crippen molar-refractivity contribution in [2.75, 3.05) is 39.4 Å². The standard InChI is InChI=1S/C7H14N4O.HI/c1-2-9-7(8-1)10-11-3-5-12-6-4-11;/h1-6H2,(H2,8,9,10);1H. The molecule has 0 aliphatic carbocycles. The SMILES string of the molecule is C1CNC(NN2CCOCC2)=N1.I. The zero-order chi connectivity index (χ0) is 8.23. The van der Waals surface area contributed by atoms with Crippen molar-refractivity contribution in [1.29, 1.82) is 0 Å². The molecule has 2 N–H and O–H groups in total. The molecule has 5 nitrogen and oxygen atoms in total. The number of nitrogens with one attached hydrogen (secondary N) is 2. The lowest BCUT2D eigenvalue weighted by Gasteiger charge is -2.27. The minimum absolute atomic E-state index is 0. The van der Waals surface area contributed by atoms with Gasteiger partial charge in [0.15, 0.2) is 0 Å². The molecule has 2 rings (SSSR count). The molecule has 0 unspecified atom stereocenters. The van der Waals surface area contributed by atoms with Gasteiger partial charge in [0.25, 0.3) is 0 Å². The second kappa shape index (κ2) is 5.61. The Hall–Kier alpha value is -0.0800. The van der Waals surface area contributed by atoms with E-state index in [0.29, 0.717) is 0 Å². The zero-order valence-corrected chi connectivity index (χ0v) is 9.78. The Morgan fingerprint density at radius 3 is 2.77 bits per heavy atom. The first-order valence-electron chi connectivity index (χ1n) is 4.33. The van der Waals surface area contributed by atoms with E-state index in [1.165, 1.54) is 0 Å². The number of hydrazine groups is 1. The summed E-state index contributed by atoms with van der Waals surface area (Å²) in [5.74, 6) is 0.900. The number of hydrogen-bond donors (Lipinski definition) is 2. The first kappa shape index (κ1) is 11.0. The number of guanidine groups is 1. The number of rotatable bonds is 1. The molecule has 0 bridgehead atoms. The van der Waals surface area contributed by atoms with E-state index in [9.17, 15) is 0 Å². The molecule has 0 atom stereocenters. The first-order chi connectivity index (χ1) is 5.95. The third-order valence-corrected chi connectivity index (χ3v) is 1.95. The van der Waals surface area contributed by atoms with Crippen molar-refractivity contribution in [3.8, 4) is 0 Å². The Labute approximate surface area is 94.9 Å². The minimum Gasteiger partial charge on any atom is -0.379 e. The van der Waals surface area contributed by atoms with Crippen LogP contribution in [0.5, 0.6) is 0 Å². The van der Waals surface area contributed by atoms with Gasteiger partial charge in [-0.1, -0.05) is 0 Å². The van der Waals surface area contributed by atoms with E-state index in [0.717, 1.165) is 45.4 Å². The molecule has 0 aromatic rings. The Bertz CT molecular complexity index is 181. The van der Waals surface area contributed by atoms with Gasteiger partial charge in [-0.25, -0.2) is 5.01 Å². The van der Waals surface area contributed by atoms with E-state index in [-0.39, 0.29) is 24.0 Å². The topological polar surface area (TPSA) is 48.9 Å². The molecule has 0 spiro atoms. The molecule has 0 aromatic heterocycles. The number of aliphatic imine (C=N–C) groups is 1. The summed E-state index contributed by atoms with van der Waals surface area (Å²) in [6.45, 7) is 5.31. The Morgan fingerprint density at radius 2 is 2.15 bits per heavy atom. The number of ether oxygens (including phenoxy) is 1. The molecule has 13 heavy (non-hydrogen) atoms. The largest absolute Gasteiger partial charge is 0.379 e. The van der Waals surface area contributed by atoms with Crippen molar-refractivity contribution >= 4 is 29.9 Å². The highest BCUT2D eigenvalue weighted by Gasteiger charge is 2.12. The van der Waals surface area contributed by atoms with Gasteiger partial charge in [-0.15, -0.1) is 24.0 Å². The van der Waals surface area contributed by atoms with Crippen LogP contribution >= 0.6 is 24.0 Å². The third-order valence-electron chi connectivity index (χ3n) is 1.95. The second-order valence-electron chi connectivity index (χ2n) is 2.87. The van der Waals surface area contributed by atoms with Crippen LogP contribution < -0.4 is 10.7 Å². The van der Waals surface area contributed by atoms with Crippen LogP contribution in [0, 0.1) is 0 Å². The molecule has 2 aliphatic rings. The maximum absolute atomic E-state index is 5.22. The van der Waals surface area contributed by atoms with Gasteiger partial charge in [-0.05, 0) is 0 Å². The molecular weight excluding hydrogens is 283 g/mol. The number of hydrogen-bond acceptors (Lipinski definition) is 5. The zero-order valence-electron chi connectivity index (χ0n) is 7.45. The summed E-state index contributed by atoms with van der Waals surface area (Å²) in [7, 11) is 0. The van der Waals surface area contributed by atoms with Crippen LogP contribution in [0.15, 0.2) is 4.99 Å². The van der Waals surface area contributed by atoms with E-state index < -0.39 is 0 Å². The fourth-order valence-corrected chi connectivity index (χ4v) is 1.30. The predicted molar refractivity (Wildman–Crippen MR) is 61.2 cm³/mol. The van der Waals surface area contributed by atoms with Gasteiger partial charge in [0, 0.05) is 19.6 Å². The summed E-state index contributed by atoms with van der Waals surface area (Å²) in [6.07, 6.45) is 0. The van der Waals surface area contributed by atoms with Crippen molar-refractivity contribution in [3.63, 3.8) is 0 Å². The first-order valence-corrected chi connectivity index (χ1v) is 4.33. The van der Waals surface area contributed by atoms with Gasteiger partial charge in [0.2, 0.25) is 5.96 Å². The highest BCUT2D eigenvalue weighted by atomic mass is 127. The molecule has 0 saturated carbocycles. The lowest BCUT2D eigenvalue weighted by Crippen LogP contribution is -2.51. The van der Waals surface area contributed by atoms with Crippen LogP contribution in [0.4, 0.5) is 0 Å². The molecule has 2 heterocycles. The van der Waals surface area contributed by atoms with E-state index in [2.05, 4.69) is 20.7 Å². The second-order valence-corrected chi connectivity index (χ2v) is 2.87. The van der Waals surface area contributed by atoms with Crippen LogP contribution in [-0.4, -0.2) is 50.4 Å². The van der Waals surface area contributed by atoms with Gasteiger partial charge in [0.1, 0.15) is 0 Å². The lowest BCUT2D eigenvalue weighted by atomic mass is 10.5. The highest BCUT2D eigenvalue weighted by Crippen LogP contribution is 1.93. The summed E-state index contributed by atoms with van der Waals surface area (Å²) in [5, 5.41) is 5.29. The van der Waals surface area contributed by atoms with Crippen molar-refractivity contribution in [1.82, 2.24) is 15.8 Å². The van der Waals surface area contributed by atoms with Crippen molar-refractivity contribution < 1.29 is 4.74 Å². The maximum atomic E-state index is 5.22. The molecule has 6 heteroatoms. The molecular formula is C7H15IN4O. The minimum atomic E-state index is 0. The van der Waals surface area contributed by atoms with Gasteiger partial charge >= 0.3 is 0 Å². The fraction of sp³-hybridized carbons (Fsp3) is 0.857. The monoisotopic (exact) mass is 298 g/mol. The van der Waals surface area contributed by atoms with Crippen LogP contribution in [-0.2, 0) is 4.74 Å². The van der Waals surface area contributed by atoms with Gasteiger partial charge in [-0.3, -0.25) is 10.4 Å². The molecule has 76 valence electrons. The molecule has 0 aromatic carbocycles. The smallest absolute Gasteiger partial charge is 0.206 e. The summed E-state index contributed by atoms with van der Waals surface area (Å²) < 4.78 is 5.22. The average molecular weight is 298 g/mol. The molecule has 2 aliphatic heterocycles. The van der Waals surface area contributed by atoms with E-state index in [1.54, 1.807) is 0 Å². The van der Waals surface area contributed by atoms with Crippen LogP contribution in [0.3, 0.4) is 0 Å². The molecule has 0 radical (unpaired) electrons. The van der Waals surface area contributed by atoms with Crippen LogP contribution in [0.1, 0.15) is 0 Å². The Balaban J connectivity index is 0.000000845. The summed E-state index contributed by atoms with van der Waals surface area (Å²) in [4.78, 5) is 4.24. The highest BCUT2D eigenvalue weighted by molar-refractivity contribution is 14.0. The maximum Gasteiger partial charge on any atom is 0.206 e. The van der Waals surface area contributed by atoms with Crippen molar-refractivity contribution in [2.45, 2.75) is 0 Å². The van der Waals surface area contributed by atoms with Gasteiger partial charge in [-0.2, -0.15) is 0 Å². The molecule has 1 fully saturated rings. The quantitative estimate of drug-likeness (QED) is 0.635. The fourth-order valence-electron chi connectivity index (χ4n) is 1.30. The molecule has 1 saturated heterocycles. The van der Waals surface area contributed by atoms with Crippen LogP contribution in [0.25, 0.3) is 0 Å². The Kier molecular flexibility index (Phi) is 4.74.